The van der Waals surface area contributed by atoms with E-state index in [9.17, 15) is 14.4 Å². The summed E-state index contributed by atoms with van der Waals surface area (Å²) in [6.45, 7) is 23.9. The van der Waals surface area contributed by atoms with E-state index in [2.05, 4.69) is 69.2 Å². The molecule has 0 aliphatic heterocycles. The molecule has 9 heteroatoms. The van der Waals surface area contributed by atoms with E-state index in [-0.39, 0.29) is 0 Å². The predicted octanol–water partition coefficient (Wildman–Crippen LogP) is 8.66. The van der Waals surface area contributed by atoms with Crippen molar-refractivity contribution >= 4 is 35.3 Å². The van der Waals surface area contributed by atoms with Gasteiger partial charge in [0.05, 0.1) is 0 Å². The van der Waals surface area contributed by atoms with Crippen LogP contribution in [0.2, 0.25) is 0 Å². The summed E-state index contributed by atoms with van der Waals surface area (Å²) < 4.78 is 3.99. The highest BCUT2D eigenvalue weighted by Gasteiger charge is 2.19. The Hall–Kier alpha value is -0.540. The molecule has 0 amide bonds. The molecule has 6 nitrogen and oxygen atoms in total. The maximum absolute atomic E-state index is 13.4. The molecule has 0 saturated heterocycles. The van der Waals surface area contributed by atoms with E-state index in [0.29, 0.717) is 41.8 Å². The first-order valence-corrected chi connectivity index (χ1v) is 20.6. The SMILES string of the molecule is CC(CCCSCCCn1c(=O)n(CCCSCCCC(C)(C)C)c(=O)n(CCCSCCCC(C)(C)C)c1=O)C(C)(C)C. The lowest BCUT2D eigenvalue weighted by molar-refractivity contribution is 0.246. The number of hydrogen-bond acceptors (Lipinski definition) is 6. The molecule has 0 radical (unpaired) electrons. The van der Waals surface area contributed by atoms with E-state index < -0.39 is 17.1 Å². The average Bonchev–Trinajstić information content (AvgIpc) is 2.90. The summed E-state index contributed by atoms with van der Waals surface area (Å²) in [6.07, 6.45) is 9.39. The van der Waals surface area contributed by atoms with Crippen molar-refractivity contribution < 1.29 is 0 Å². The molecule has 1 atom stereocenters. The Kier molecular flexibility index (Phi) is 19.5. The lowest BCUT2D eigenvalue weighted by Crippen LogP contribution is -2.54. The van der Waals surface area contributed by atoms with Crippen LogP contribution in [0.25, 0.3) is 0 Å². The summed E-state index contributed by atoms with van der Waals surface area (Å²) >= 11 is 5.68. The van der Waals surface area contributed by atoms with Crippen LogP contribution in [-0.4, -0.2) is 48.2 Å². The van der Waals surface area contributed by atoms with Crippen LogP contribution in [0.4, 0.5) is 0 Å². The zero-order valence-electron chi connectivity index (χ0n) is 30.1. The van der Waals surface area contributed by atoms with Crippen molar-refractivity contribution in [2.45, 2.75) is 147 Å². The van der Waals surface area contributed by atoms with Gasteiger partial charge in [0.2, 0.25) is 0 Å². The summed E-state index contributed by atoms with van der Waals surface area (Å²) in [5.41, 5.74) is -0.273. The molecule has 0 aliphatic rings. The minimum atomic E-state index is -0.436. The third-order valence-corrected chi connectivity index (χ3v) is 11.7. The van der Waals surface area contributed by atoms with Crippen LogP contribution in [0.3, 0.4) is 0 Å². The first-order valence-electron chi connectivity index (χ1n) is 17.1. The quantitative estimate of drug-likeness (QED) is 0.115. The molecule has 0 aromatic carbocycles. The fourth-order valence-corrected chi connectivity index (χ4v) is 7.55. The van der Waals surface area contributed by atoms with Crippen LogP contribution in [0.1, 0.15) is 127 Å². The molecule has 258 valence electrons. The van der Waals surface area contributed by atoms with Crippen LogP contribution >= 0.6 is 35.3 Å². The first kappa shape index (κ1) is 41.5. The molecule has 1 rings (SSSR count). The summed E-state index contributed by atoms with van der Waals surface area (Å²) in [7, 11) is 0. The van der Waals surface area contributed by atoms with Crippen molar-refractivity contribution in [3.05, 3.63) is 31.5 Å². The van der Waals surface area contributed by atoms with Crippen LogP contribution in [0, 0.1) is 22.2 Å². The molecular formula is C35H67N3O3S3. The maximum Gasteiger partial charge on any atom is 0.336 e. The molecule has 0 bridgehead atoms. The molecule has 44 heavy (non-hydrogen) atoms. The number of aromatic nitrogens is 3. The minimum absolute atomic E-state index is 0.338. The molecule has 1 unspecified atom stereocenters. The smallest absolute Gasteiger partial charge is 0.247 e. The lowest BCUT2D eigenvalue weighted by Gasteiger charge is -2.27. The second kappa shape index (κ2) is 20.6. The molecule has 1 aromatic rings. The second-order valence-electron chi connectivity index (χ2n) is 15.9. The molecule has 0 N–H and O–H groups in total. The van der Waals surface area contributed by atoms with Gasteiger partial charge in [-0.05, 0) is 114 Å². The van der Waals surface area contributed by atoms with Crippen LogP contribution in [0.5, 0.6) is 0 Å². The van der Waals surface area contributed by atoms with E-state index in [1.807, 2.05) is 35.3 Å². The fourth-order valence-electron chi connectivity index (χ4n) is 4.87. The highest BCUT2D eigenvalue weighted by molar-refractivity contribution is 7.99. The number of nitrogens with zero attached hydrogens (tertiary/aromatic N) is 3. The van der Waals surface area contributed by atoms with E-state index in [1.54, 1.807) is 0 Å². The van der Waals surface area contributed by atoms with Gasteiger partial charge in [0.15, 0.2) is 0 Å². The average molecular weight is 674 g/mol. The van der Waals surface area contributed by atoms with Crippen LogP contribution < -0.4 is 17.1 Å². The summed E-state index contributed by atoms with van der Waals surface area (Å²) in [5, 5.41) is 0. The van der Waals surface area contributed by atoms with Crippen molar-refractivity contribution in [2.75, 3.05) is 34.5 Å². The molecule has 1 aromatic heterocycles. The third-order valence-electron chi connectivity index (χ3n) is 8.23. The number of thioether (sulfide) groups is 3. The van der Waals surface area contributed by atoms with Gasteiger partial charge in [-0.25, -0.2) is 28.1 Å². The van der Waals surface area contributed by atoms with Crippen molar-refractivity contribution in [2.24, 2.45) is 22.2 Å². The standard InChI is InChI=1S/C35H67N3O3S3/c1-29(35(8,9)10)17-11-23-42-26-14-20-36-30(39)37(21-15-27-43-24-12-18-33(2,3)4)32(41)38(31(36)40)22-16-28-44-25-13-19-34(5,6)7/h29H,11-28H2,1-10H3. The summed E-state index contributed by atoms with van der Waals surface area (Å²) in [5.74, 6) is 6.69. The number of rotatable bonds is 22. The van der Waals surface area contributed by atoms with Crippen molar-refractivity contribution in [3.8, 4) is 0 Å². The largest absolute Gasteiger partial charge is 0.336 e. The van der Waals surface area contributed by atoms with Gasteiger partial charge in [-0.15, -0.1) is 0 Å². The van der Waals surface area contributed by atoms with Gasteiger partial charge in [0, 0.05) is 19.6 Å². The molecular weight excluding hydrogens is 607 g/mol. The zero-order chi connectivity index (χ0) is 33.4. The topological polar surface area (TPSA) is 66.0 Å². The summed E-state index contributed by atoms with van der Waals surface area (Å²) in [4.78, 5) is 40.2. The van der Waals surface area contributed by atoms with Gasteiger partial charge in [-0.1, -0.05) is 69.2 Å². The van der Waals surface area contributed by atoms with Gasteiger partial charge < -0.3 is 0 Å². The van der Waals surface area contributed by atoms with E-state index in [0.717, 1.165) is 53.8 Å². The van der Waals surface area contributed by atoms with Crippen molar-refractivity contribution in [3.63, 3.8) is 0 Å². The molecule has 0 fully saturated rings. The summed E-state index contributed by atoms with van der Waals surface area (Å²) in [6, 6.07) is 0. The Morgan fingerprint density at radius 3 is 1.09 bits per heavy atom. The van der Waals surface area contributed by atoms with E-state index in [1.165, 1.54) is 52.2 Å². The zero-order valence-corrected chi connectivity index (χ0v) is 32.5. The van der Waals surface area contributed by atoms with Gasteiger partial charge in [-0.2, -0.15) is 35.3 Å². The van der Waals surface area contributed by atoms with Gasteiger partial charge in [-0.3, -0.25) is 0 Å². The lowest BCUT2D eigenvalue weighted by atomic mass is 9.80. The minimum Gasteiger partial charge on any atom is -0.247 e. The first-order chi connectivity index (χ1) is 20.4. The Morgan fingerprint density at radius 2 is 0.795 bits per heavy atom. The van der Waals surface area contributed by atoms with Crippen molar-refractivity contribution in [1.29, 1.82) is 0 Å². The molecule has 0 aliphatic carbocycles. The van der Waals surface area contributed by atoms with E-state index >= 15 is 0 Å². The Labute approximate surface area is 282 Å². The second-order valence-corrected chi connectivity index (χ2v) is 19.6. The third kappa shape index (κ3) is 18.0. The fraction of sp³-hybridized carbons (Fsp3) is 0.914. The van der Waals surface area contributed by atoms with Gasteiger partial charge >= 0.3 is 17.1 Å². The Bertz CT molecular complexity index is 1040. The van der Waals surface area contributed by atoms with Gasteiger partial charge in [0.1, 0.15) is 0 Å². The normalized spacial score (nSPS) is 13.5. The maximum atomic E-state index is 13.4. The van der Waals surface area contributed by atoms with Crippen LogP contribution in [-0.2, 0) is 19.6 Å². The van der Waals surface area contributed by atoms with E-state index in [4.69, 9.17) is 0 Å². The van der Waals surface area contributed by atoms with Gasteiger partial charge in [0.25, 0.3) is 0 Å². The highest BCUT2D eigenvalue weighted by Crippen LogP contribution is 2.29. The Morgan fingerprint density at radius 1 is 0.500 bits per heavy atom. The molecule has 0 spiro atoms. The number of hydrogen-bond donors (Lipinski definition) is 0. The Balaban J connectivity index is 2.80. The predicted molar refractivity (Wildman–Crippen MR) is 200 cm³/mol. The molecule has 1 heterocycles. The highest BCUT2D eigenvalue weighted by atomic mass is 32.2. The van der Waals surface area contributed by atoms with Crippen molar-refractivity contribution in [1.82, 2.24) is 13.7 Å². The molecule has 0 saturated carbocycles. The van der Waals surface area contributed by atoms with Crippen LogP contribution in [0.15, 0.2) is 14.4 Å². The monoisotopic (exact) mass is 673 g/mol.